The maximum absolute atomic E-state index is 13.3. The number of rotatable bonds is 7. The molecule has 1 fully saturated rings. The highest BCUT2D eigenvalue weighted by atomic mass is 16.5. The van der Waals surface area contributed by atoms with Crippen molar-refractivity contribution in [3.8, 4) is 5.75 Å². The van der Waals surface area contributed by atoms with Gasteiger partial charge in [0, 0.05) is 5.92 Å². The number of hydrogen-bond acceptors (Lipinski definition) is 3. The highest BCUT2D eigenvalue weighted by molar-refractivity contribution is 5.97. The molecule has 0 aliphatic heterocycles. The molecule has 3 heteroatoms. The third-order valence-corrected chi connectivity index (χ3v) is 4.96. The molecule has 3 nitrogen and oxygen atoms in total. The number of nitrogens with zero attached hydrogens (tertiary/aromatic N) is 1. The van der Waals surface area contributed by atoms with E-state index in [-0.39, 0.29) is 11.7 Å². The van der Waals surface area contributed by atoms with Gasteiger partial charge in [0.25, 0.3) is 0 Å². The lowest BCUT2D eigenvalue weighted by Gasteiger charge is -2.21. The zero-order chi connectivity index (χ0) is 17.2. The Balaban J connectivity index is 1.91. The van der Waals surface area contributed by atoms with Crippen molar-refractivity contribution in [2.24, 2.45) is 0 Å². The van der Waals surface area contributed by atoms with Crippen LogP contribution in [0.25, 0.3) is 6.08 Å². The molecule has 0 saturated heterocycles. The molecule has 0 radical (unpaired) electrons. The molecule has 1 heterocycles. The second kappa shape index (κ2) is 6.60. The molecule has 0 amide bonds. The summed E-state index contributed by atoms with van der Waals surface area (Å²) in [5, 5.41) is 0. The van der Waals surface area contributed by atoms with Gasteiger partial charge in [-0.15, -0.1) is 0 Å². The summed E-state index contributed by atoms with van der Waals surface area (Å²) in [7, 11) is 1.62. The standard InChI is InChI=1S/C21H23NO2/c1-4-15-7-6-8-16(13-15)18(5-2)20(23)21(11-12-21)19-10-9-17(24-3)14-22-19/h4,6-10,13-14,18H,1,5,11-12H2,2-3H3. The fourth-order valence-electron chi connectivity index (χ4n) is 3.35. The number of benzene rings is 1. The Labute approximate surface area is 143 Å². The van der Waals surface area contributed by atoms with E-state index in [2.05, 4.69) is 24.6 Å². The van der Waals surface area contributed by atoms with E-state index in [0.29, 0.717) is 5.75 Å². The molecule has 124 valence electrons. The van der Waals surface area contributed by atoms with E-state index >= 15 is 0 Å². The van der Waals surface area contributed by atoms with Gasteiger partial charge >= 0.3 is 0 Å². The summed E-state index contributed by atoms with van der Waals surface area (Å²) in [6, 6.07) is 11.9. The summed E-state index contributed by atoms with van der Waals surface area (Å²) in [6.45, 7) is 5.89. The van der Waals surface area contributed by atoms with Crippen molar-refractivity contribution in [1.82, 2.24) is 4.98 Å². The summed E-state index contributed by atoms with van der Waals surface area (Å²) in [5.74, 6) is 0.896. The van der Waals surface area contributed by atoms with Crippen LogP contribution in [0.5, 0.6) is 5.75 Å². The lowest BCUT2D eigenvalue weighted by atomic mass is 9.81. The van der Waals surface area contributed by atoms with Gasteiger partial charge in [-0.1, -0.05) is 43.8 Å². The molecule has 0 N–H and O–H groups in total. The van der Waals surface area contributed by atoms with Crippen LogP contribution in [-0.4, -0.2) is 17.9 Å². The quantitative estimate of drug-likeness (QED) is 0.752. The van der Waals surface area contributed by atoms with Gasteiger partial charge < -0.3 is 4.74 Å². The Hall–Kier alpha value is -2.42. The number of carbonyl (C=O) groups excluding carboxylic acids is 1. The summed E-state index contributed by atoms with van der Waals surface area (Å²) >= 11 is 0. The predicted molar refractivity (Wildman–Crippen MR) is 96.3 cm³/mol. The molecule has 1 aromatic carbocycles. The van der Waals surface area contributed by atoms with Crippen LogP contribution in [0.15, 0.2) is 49.2 Å². The van der Waals surface area contributed by atoms with Crippen LogP contribution in [0.1, 0.15) is 48.9 Å². The average molecular weight is 321 g/mol. The van der Waals surface area contributed by atoms with Crippen LogP contribution < -0.4 is 4.74 Å². The average Bonchev–Trinajstić information content (AvgIpc) is 3.44. The Morgan fingerprint density at radius 3 is 2.71 bits per heavy atom. The van der Waals surface area contributed by atoms with Crippen molar-refractivity contribution in [2.45, 2.75) is 37.5 Å². The van der Waals surface area contributed by atoms with Gasteiger partial charge in [-0.05, 0) is 42.5 Å². The molecule has 3 rings (SSSR count). The van der Waals surface area contributed by atoms with E-state index in [9.17, 15) is 4.79 Å². The minimum absolute atomic E-state index is 0.101. The van der Waals surface area contributed by atoms with Crippen molar-refractivity contribution in [3.63, 3.8) is 0 Å². The van der Waals surface area contributed by atoms with Gasteiger partial charge in [-0.25, -0.2) is 0 Å². The molecule has 1 aromatic heterocycles. The van der Waals surface area contributed by atoms with Gasteiger partial charge in [0.05, 0.1) is 24.4 Å². The van der Waals surface area contributed by atoms with Crippen molar-refractivity contribution in [2.75, 3.05) is 7.11 Å². The van der Waals surface area contributed by atoms with Crippen LogP contribution in [0.2, 0.25) is 0 Å². The number of pyridine rings is 1. The van der Waals surface area contributed by atoms with E-state index in [1.54, 1.807) is 13.3 Å². The maximum Gasteiger partial charge on any atom is 0.152 e. The first-order valence-corrected chi connectivity index (χ1v) is 8.42. The Bertz CT molecular complexity index is 745. The third kappa shape index (κ3) is 2.86. The summed E-state index contributed by atoms with van der Waals surface area (Å²) in [4.78, 5) is 17.8. The Morgan fingerprint density at radius 1 is 1.38 bits per heavy atom. The van der Waals surface area contributed by atoms with Gasteiger partial charge in [0.2, 0.25) is 0 Å². The zero-order valence-electron chi connectivity index (χ0n) is 14.3. The van der Waals surface area contributed by atoms with Gasteiger partial charge in [0.15, 0.2) is 5.78 Å². The van der Waals surface area contributed by atoms with Crippen LogP contribution in [0.3, 0.4) is 0 Å². The Morgan fingerprint density at radius 2 is 2.17 bits per heavy atom. The highest BCUT2D eigenvalue weighted by Crippen LogP contribution is 2.51. The second-order valence-corrected chi connectivity index (χ2v) is 6.36. The summed E-state index contributed by atoms with van der Waals surface area (Å²) in [5.41, 5.74) is 2.56. The highest BCUT2D eigenvalue weighted by Gasteiger charge is 2.54. The number of hydrogen-bond donors (Lipinski definition) is 0. The number of carbonyl (C=O) groups is 1. The van der Waals surface area contributed by atoms with Crippen molar-refractivity contribution in [3.05, 3.63) is 66.0 Å². The van der Waals surface area contributed by atoms with Gasteiger partial charge in [0.1, 0.15) is 5.75 Å². The molecule has 24 heavy (non-hydrogen) atoms. The zero-order valence-corrected chi connectivity index (χ0v) is 14.3. The fourth-order valence-corrected chi connectivity index (χ4v) is 3.35. The smallest absolute Gasteiger partial charge is 0.152 e. The van der Waals surface area contributed by atoms with E-state index in [1.165, 1.54) is 0 Å². The van der Waals surface area contributed by atoms with E-state index in [1.807, 2.05) is 36.4 Å². The number of Topliss-reactive ketones (excluding diaryl/α,β-unsaturated/α-hetero) is 1. The molecule has 1 atom stereocenters. The number of methoxy groups -OCH3 is 1. The minimum Gasteiger partial charge on any atom is -0.495 e. The van der Waals surface area contributed by atoms with Crippen molar-refractivity contribution >= 4 is 11.9 Å². The predicted octanol–water partition coefficient (Wildman–Crippen LogP) is 4.53. The topological polar surface area (TPSA) is 39.2 Å². The number of aromatic nitrogens is 1. The monoisotopic (exact) mass is 321 g/mol. The molecule has 0 bridgehead atoms. The normalized spacial score (nSPS) is 16.2. The first kappa shape index (κ1) is 16.4. The first-order chi connectivity index (χ1) is 11.6. The summed E-state index contributed by atoms with van der Waals surface area (Å²) in [6.07, 6.45) is 6.06. The van der Waals surface area contributed by atoms with E-state index in [4.69, 9.17) is 4.74 Å². The third-order valence-electron chi connectivity index (χ3n) is 4.96. The maximum atomic E-state index is 13.3. The Kier molecular flexibility index (Phi) is 4.52. The lowest BCUT2D eigenvalue weighted by Crippen LogP contribution is -2.27. The van der Waals surface area contributed by atoms with Crippen LogP contribution >= 0.6 is 0 Å². The molecule has 1 unspecified atom stereocenters. The van der Waals surface area contributed by atoms with Gasteiger partial charge in [-0.3, -0.25) is 9.78 Å². The minimum atomic E-state index is -0.420. The molecule has 1 aliphatic rings. The molecule has 1 saturated carbocycles. The molecule has 0 spiro atoms. The second-order valence-electron chi connectivity index (χ2n) is 6.36. The van der Waals surface area contributed by atoms with Crippen molar-refractivity contribution < 1.29 is 9.53 Å². The van der Waals surface area contributed by atoms with Crippen LogP contribution in [0.4, 0.5) is 0 Å². The van der Waals surface area contributed by atoms with Crippen LogP contribution in [-0.2, 0) is 10.2 Å². The van der Waals surface area contributed by atoms with E-state index < -0.39 is 5.41 Å². The largest absolute Gasteiger partial charge is 0.495 e. The number of ketones is 1. The summed E-state index contributed by atoms with van der Waals surface area (Å²) < 4.78 is 5.17. The number of ether oxygens (including phenoxy) is 1. The van der Waals surface area contributed by atoms with Crippen LogP contribution in [0, 0.1) is 0 Å². The lowest BCUT2D eigenvalue weighted by molar-refractivity contribution is -0.123. The van der Waals surface area contributed by atoms with Crippen molar-refractivity contribution in [1.29, 1.82) is 0 Å². The fraction of sp³-hybridized carbons (Fsp3) is 0.333. The molecule has 1 aliphatic carbocycles. The SMILES string of the molecule is C=Cc1cccc(C(CC)C(=O)C2(c3ccc(OC)cn3)CC2)c1. The van der Waals surface area contributed by atoms with E-state index in [0.717, 1.165) is 36.1 Å². The first-order valence-electron chi connectivity index (χ1n) is 8.42. The molecule has 2 aromatic rings. The van der Waals surface area contributed by atoms with Gasteiger partial charge in [-0.2, -0.15) is 0 Å². The molecular weight excluding hydrogens is 298 g/mol. The molecular formula is C21H23NO2.